The summed E-state index contributed by atoms with van der Waals surface area (Å²) in [7, 11) is -28.1. The Hall–Kier alpha value is -4.56. The monoisotopic (exact) mass is 1300 g/mol. The Morgan fingerprint density at radius 1 is 0.654 bits per heavy atom. The number of rotatable bonds is 28. The van der Waals surface area contributed by atoms with E-state index in [9.17, 15) is 78.6 Å². The number of nitrogens with one attached hydrogen (secondary N) is 3. The van der Waals surface area contributed by atoms with Crippen molar-refractivity contribution >= 4 is 165 Å². The van der Waals surface area contributed by atoms with Crippen LogP contribution in [0.5, 0.6) is 5.88 Å². The fourth-order valence-electron chi connectivity index (χ4n) is 6.20. The SMILES string of the molecule is Cc1nn(-c2cc(Cl)c(S(=O)(=O)O)cc2Cl)c(O)c1N=Nc1ccc(Nc2nc(Nc3cc(NC(=O)C(CSCCCS(=O)(=O)O)SCCCS(=O)(=O)O)ccc3S(=O)(=O)O)nc(SCCCS(=O)(=O)O)n2)cc1S(=O)(=O)O. The van der Waals surface area contributed by atoms with Crippen LogP contribution in [0.1, 0.15) is 25.0 Å². The number of carbonyl (C=O) groups excluding carboxylic acids is 1. The van der Waals surface area contributed by atoms with Crippen LogP contribution in [0, 0.1) is 6.92 Å². The van der Waals surface area contributed by atoms with Gasteiger partial charge < -0.3 is 21.1 Å². The lowest BCUT2D eigenvalue weighted by atomic mass is 10.2. The van der Waals surface area contributed by atoms with Crippen molar-refractivity contribution in [3.05, 3.63) is 64.3 Å². The topological polar surface area (TPSA) is 481 Å². The van der Waals surface area contributed by atoms with E-state index < -0.39 is 138 Å². The summed E-state index contributed by atoms with van der Waals surface area (Å²) >= 11 is 15.1. The third-order valence-corrected chi connectivity index (χ3v) is 19.0. The molecule has 0 aliphatic heterocycles. The van der Waals surface area contributed by atoms with Crippen LogP contribution in [0.25, 0.3) is 5.69 Å². The summed E-state index contributed by atoms with van der Waals surface area (Å²) in [4.78, 5) is 23.8. The van der Waals surface area contributed by atoms with Crippen molar-refractivity contribution in [2.45, 2.75) is 51.3 Å². The smallest absolute Gasteiger partial charge is 0.296 e. The average Bonchev–Trinajstić information content (AvgIpc) is 3.61. The highest BCUT2D eigenvalue weighted by molar-refractivity contribution is 8.04. The first-order valence-electron chi connectivity index (χ1n) is 21.2. The standard InChI is InChI=1S/C37H42Cl2N10O20S9/c1-20-32(34(51)49(48-20)27-17-24(39)30(18-23(27)38)77(64,65)66)47-46-25-7-5-22(16-31(25)78(67,68)69)41-35-43-36(45-37(44-35)72-11-4-14-75(58,59)60)42-26-15-21(6-8-29(26)76(61,62)63)40-33(50)28(71-10-3-13-74(55,56)57)19-70-9-2-12-73(52,53)54/h5-8,15-18,28,51H,2-4,9-14,19H2,1H3,(H,40,50)(H,52,53,54)(H,55,56,57)(H,58,59,60)(H,61,62,63)(H,64,65,66)(H,67,68,69)(H2,41,42,43,44,45). The van der Waals surface area contributed by atoms with E-state index >= 15 is 0 Å². The van der Waals surface area contributed by atoms with E-state index in [4.69, 9.17) is 32.3 Å². The molecular formula is C37H42Cl2N10O20S9. The molecule has 0 saturated carbocycles. The second kappa shape index (κ2) is 26.4. The molecule has 5 rings (SSSR count). The van der Waals surface area contributed by atoms with Crippen molar-refractivity contribution < 1.29 is 87.7 Å². The van der Waals surface area contributed by atoms with Gasteiger partial charge in [0.05, 0.1) is 49.6 Å². The summed E-state index contributed by atoms with van der Waals surface area (Å²) in [6.07, 6.45) is -0.194. The Balaban J connectivity index is 1.47. The maximum Gasteiger partial charge on any atom is 0.296 e. The van der Waals surface area contributed by atoms with E-state index in [-0.39, 0.29) is 80.9 Å². The predicted octanol–water partition coefficient (Wildman–Crippen LogP) is 5.72. The van der Waals surface area contributed by atoms with Crippen LogP contribution in [0.2, 0.25) is 10.0 Å². The molecule has 2 heterocycles. The number of nitrogens with zero attached hydrogens (tertiary/aromatic N) is 7. The molecule has 5 aromatic rings. The molecule has 0 saturated heterocycles. The second-order valence-electron chi connectivity index (χ2n) is 15.6. The minimum absolute atomic E-state index is 0.0178. The minimum Gasteiger partial charge on any atom is -0.492 e. The lowest BCUT2D eigenvalue weighted by molar-refractivity contribution is -0.115. The van der Waals surface area contributed by atoms with Crippen molar-refractivity contribution in [1.82, 2.24) is 24.7 Å². The molecule has 41 heteroatoms. The number of azo groups is 1. The van der Waals surface area contributed by atoms with Crippen molar-refractivity contribution in [1.29, 1.82) is 0 Å². The maximum absolute atomic E-state index is 13.6. The van der Waals surface area contributed by atoms with E-state index in [2.05, 4.69) is 46.2 Å². The minimum atomic E-state index is -5.17. The first-order chi connectivity index (χ1) is 36.0. The van der Waals surface area contributed by atoms with Gasteiger partial charge in [-0.3, -0.25) is 32.1 Å². The summed E-state index contributed by atoms with van der Waals surface area (Å²) in [5.41, 5.74) is -1.88. The highest BCUT2D eigenvalue weighted by Crippen LogP contribution is 2.39. The molecule has 428 valence electrons. The first kappa shape index (κ1) is 64.3. The summed E-state index contributed by atoms with van der Waals surface area (Å²) in [5.74, 6) is -4.06. The van der Waals surface area contributed by atoms with Crippen LogP contribution in [0.15, 0.2) is 78.6 Å². The van der Waals surface area contributed by atoms with Crippen LogP contribution in [0.4, 0.5) is 40.3 Å². The molecule has 0 fully saturated rings. The van der Waals surface area contributed by atoms with Gasteiger partial charge in [-0.1, -0.05) is 35.0 Å². The van der Waals surface area contributed by atoms with Crippen LogP contribution in [-0.4, -0.2) is 159 Å². The summed E-state index contributed by atoms with van der Waals surface area (Å²) in [6, 6.07) is 7.85. The third-order valence-electron chi connectivity index (χ3n) is 9.55. The van der Waals surface area contributed by atoms with Crippen molar-refractivity contribution in [3.63, 3.8) is 0 Å². The van der Waals surface area contributed by atoms with Gasteiger partial charge in [0.15, 0.2) is 10.8 Å². The summed E-state index contributed by atoms with van der Waals surface area (Å²) in [5, 5.41) is 28.7. The molecule has 30 nitrogen and oxygen atoms in total. The van der Waals surface area contributed by atoms with E-state index in [1.54, 1.807) is 0 Å². The molecule has 2 aromatic heterocycles. The van der Waals surface area contributed by atoms with Gasteiger partial charge in [-0.2, -0.15) is 87.0 Å². The number of benzene rings is 3. The molecule has 78 heavy (non-hydrogen) atoms. The number of hydrogen-bond donors (Lipinski definition) is 10. The number of carbonyl (C=O) groups is 1. The molecule has 0 aliphatic carbocycles. The van der Waals surface area contributed by atoms with Gasteiger partial charge in [0.1, 0.15) is 20.4 Å². The number of thioether (sulfide) groups is 3. The average molecular weight is 1310 g/mol. The summed E-state index contributed by atoms with van der Waals surface area (Å²) in [6.45, 7) is 1.34. The highest BCUT2D eigenvalue weighted by Gasteiger charge is 2.26. The molecule has 0 aliphatic rings. The number of aryl methyl sites for hydroxylation is 1. The second-order valence-corrected chi connectivity index (χ2v) is 28.9. The van der Waals surface area contributed by atoms with Crippen molar-refractivity contribution in [3.8, 4) is 11.6 Å². The highest BCUT2D eigenvalue weighted by atomic mass is 35.5. The number of aromatic nitrogens is 5. The van der Waals surface area contributed by atoms with Crippen LogP contribution in [0.3, 0.4) is 0 Å². The maximum atomic E-state index is 13.6. The number of halogens is 2. The van der Waals surface area contributed by atoms with Crippen LogP contribution < -0.4 is 16.0 Å². The van der Waals surface area contributed by atoms with Gasteiger partial charge in [0, 0.05) is 22.9 Å². The first-order valence-corrected chi connectivity index (χ1v) is 34.3. The van der Waals surface area contributed by atoms with Crippen molar-refractivity contribution in [2.75, 3.05) is 56.2 Å². The molecule has 0 radical (unpaired) electrons. The Morgan fingerprint density at radius 3 is 1.81 bits per heavy atom. The van der Waals surface area contributed by atoms with Gasteiger partial charge in [-0.25, -0.2) is 0 Å². The normalized spacial score (nSPS) is 13.2. The lowest BCUT2D eigenvalue weighted by Crippen LogP contribution is -2.28. The fourth-order valence-corrected chi connectivity index (χ4v) is 14.0. The molecule has 0 spiro atoms. The molecule has 1 amide bonds. The Labute approximate surface area is 467 Å². The van der Waals surface area contributed by atoms with Gasteiger partial charge in [0.25, 0.3) is 60.7 Å². The zero-order valence-electron chi connectivity index (χ0n) is 39.3. The zero-order valence-corrected chi connectivity index (χ0v) is 48.1. The zero-order chi connectivity index (χ0) is 58.2. The summed E-state index contributed by atoms with van der Waals surface area (Å²) < 4.78 is 200. The number of anilines is 5. The molecule has 3 aromatic carbocycles. The van der Waals surface area contributed by atoms with Gasteiger partial charge in [-0.05, 0) is 86.2 Å². The molecule has 1 unspecified atom stereocenters. The van der Waals surface area contributed by atoms with E-state index in [0.29, 0.717) is 0 Å². The van der Waals surface area contributed by atoms with Crippen molar-refractivity contribution in [2.24, 2.45) is 10.2 Å². The third kappa shape index (κ3) is 19.9. The van der Waals surface area contributed by atoms with Crippen LogP contribution >= 0.6 is 58.5 Å². The van der Waals surface area contributed by atoms with E-state index in [0.717, 1.165) is 82.4 Å². The molecule has 1 atom stereocenters. The predicted molar refractivity (Wildman–Crippen MR) is 289 cm³/mol. The van der Waals surface area contributed by atoms with Gasteiger partial charge >= 0.3 is 0 Å². The Bertz CT molecular complexity index is 3820. The van der Waals surface area contributed by atoms with Gasteiger partial charge in [-0.15, -0.1) is 22.0 Å². The Kier molecular flexibility index (Phi) is 21.7. The number of aromatic hydroxyl groups is 1. The Morgan fingerprint density at radius 2 is 1.22 bits per heavy atom. The largest absolute Gasteiger partial charge is 0.492 e. The molecule has 0 bridgehead atoms. The molecule has 10 N–H and O–H groups in total. The van der Waals surface area contributed by atoms with E-state index in [1.165, 1.54) is 13.0 Å². The van der Waals surface area contributed by atoms with Crippen LogP contribution in [-0.2, 0) is 65.5 Å². The quantitative estimate of drug-likeness (QED) is 0.0124. The van der Waals surface area contributed by atoms with E-state index in [1.807, 2.05) is 0 Å². The van der Waals surface area contributed by atoms with Gasteiger partial charge in [0.2, 0.25) is 23.7 Å². The molecular weight excluding hydrogens is 1260 g/mol. The fraction of sp³-hybridized carbons (Fsp3) is 0.324. The lowest BCUT2D eigenvalue weighted by Gasteiger charge is -2.18. The number of hydrogen-bond acceptors (Lipinski definition) is 25. The number of amides is 1.